The lowest BCUT2D eigenvalue weighted by molar-refractivity contribution is 0.497. The molecule has 0 aliphatic heterocycles. The summed E-state index contributed by atoms with van der Waals surface area (Å²) in [6.45, 7) is 2.05. The topological polar surface area (TPSA) is 34.1 Å². The third kappa shape index (κ3) is 553. The van der Waals surface area contributed by atoms with E-state index in [4.69, 9.17) is 31.1 Å². The monoisotopic (exact) mass is 188 g/mol. The minimum Gasteiger partial charge on any atom is -0.274 e. The van der Waals surface area contributed by atoms with Crippen LogP contribution in [0.5, 0.6) is 0 Å². The summed E-state index contributed by atoms with van der Waals surface area (Å²) in [5.74, 6) is 0. The molecule has 2 nitrogen and oxygen atoms in total. The molecular formula is C2H6Cl2O2Si2. The van der Waals surface area contributed by atoms with Crippen molar-refractivity contribution in [3.8, 4) is 0 Å². The van der Waals surface area contributed by atoms with Crippen LogP contribution in [0.1, 0.15) is 0 Å². The van der Waals surface area contributed by atoms with E-state index in [0.717, 1.165) is 0 Å². The van der Waals surface area contributed by atoms with Gasteiger partial charge in [0.15, 0.2) is 0 Å². The maximum absolute atomic E-state index is 8.40. The van der Waals surface area contributed by atoms with Gasteiger partial charge in [0.05, 0.1) is 0 Å². The highest BCUT2D eigenvalue weighted by molar-refractivity contribution is 7.44. The molecule has 0 saturated carbocycles. The van der Waals surface area contributed by atoms with Crippen LogP contribution in [-0.2, 0) is 8.92 Å². The van der Waals surface area contributed by atoms with Crippen LogP contribution in [0.3, 0.4) is 0 Å². The van der Waals surface area contributed by atoms with Crippen LogP contribution in [0.15, 0.2) is 0 Å². The Morgan fingerprint density at radius 1 is 1.25 bits per heavy atom. The second-order valence-corrected chi connectivity index (χ2v) is 10.5. The van der Waals surface area contributed by atoms with Crippen LogP contribution in [-0.4, -0.2) is 16.0 Å². The predicted octanol–water partition coefficient (Wildman–Crippen LogP) is 1.55. The molecule has 0 heterocycles. The summed E-state index contributed by atoms with van der Waals surface area (Å²) in [7, 11) is -1.42. The molecule has 0 aliphatic rings. The van der Waals surface area contributed by atoms with Gasteiger partial charge in [-0.15, -0.1) is 22.2 Å². The van der Waals surface area contributed by atoms with Gasteiger partial charge in [0.1, 0.15) is 0 Å². The number of rotatable bonds is 0. The Kier molecular flexibility index (Phi) is 8.20. The van der Waals surface area contributed by atoms with E-state index < -0.39 is 16.0 Å². The standard InChI is InChI=1S/C2H6Cl2Si.O2Si/c1-5(2,3)4;1-3-2/h1-2H3;. The van der Waals surface area contributed by atoms with Gasteiger partial charge < -0.3 is 0 Å². The van der Waals surface area contributed by atoms with Gasteiger partial charge in [-0.25, -0.2) is 0 Å². The first-order chi connectivity index (χ1) is 3.41. The summed E-state index contributed by atoms with van der Waals surface area (Å²) in [4.78, 5) is 0. The van der Waals surface area contributed by atoms with Crippen molar-refractivity contribution >= 4 is 38.1 Å². The molecule has 8 heavy (non-hydrogen) atoms. The van der Waals surface area contributed by atoms with Gasteiger partial charge in [-0.2, -0.15) is 0 Å². The Labute approximate surface area is 60.5 Å². The van der Waals surface area contributed by atoms with E-state index in [9.17, 15) is 0 Å². The fourth-order valence-corrected chi connectivity index (χ4v) is 0. The van der Waals surface area contributed by atoms with E-state index in [1.807, 2.05) is 13.1 Å². The molecule has 0 atom stereocenters. The van der Waals surface area contributed by atoms with Crippen molar-refractivity contribution in [2.24, 2.45) is 0 Å². The average Bonchev–Trinajstić information content (AvgIpc) is 1.27. The molecule has 48 valence electrons. The summed E-state index contributed by atoms with van der Waals surface area (Å²) in [5.41, 5.74) is 0. The van der Waals surface area contributed by atoms with Gasteiger partial charge in [0.25, 0.3) is 0 Å². The van der Waals surface area contributed by atoms with Gasteiger partial charge in [-0.05, 0) is 13.1 Å². The number of hydrogen-bond donors (Lipinski definition) is 0. The normalized spacial score (nSPS) is 8.50. The first kappa shape index (κ1) is 11.4. The van der Waals surface area contributed by atoms with E-state index in [2.05, 4.69) is 0 Å². The van der Waals surface area contributed by atoms with E-state index in [1.165, 1.54) is 0 Å². The van der Waals surface area contributed by atoms with E-state index in [0.29, 0.717) is 0 Å². The molecule has 0 spiro atoms. The van der Waals surface area contributed by atoms with Crippen molar-refractivity contribution < 1.29 is 8.92 Å². The van der Waals surface area contributed by atoms with E-state index in [1.54, 1.807) is 0 Å². The van der Waals surface area contributed by atoms with Gasteiger partial charge >= 0.3 is 9.29 Å². The summed E-state index contributed by atoms with van der Waals surface area (Å²) < 4.78 is 16.8. The van der Waals surface area contributed by atoms with Gasteiger partial charge in [-0.1, -0.05) is 0 Å². The van der Waals surface area contributed by atoms with Crippen molar-refractivity contribution in [1.29, 1.82) is 0 Å². The molecule has 0 bridgehead atoms. The second-order valence-electron chi connectivity index (χ2n) is 1.41. The van der Waals surface area contributed by atoms with Crippen LogP contribution in [0.2, 0.25) is 13.1 Å². The molecule has 0 unspecified atom stereocenters. The summed E-state index contributed by atoms with van der Waals surface area (Å²) in [6, 6.07) is 0. The summed E-state index contributed by atoms with van der Waals surface area (Å²) in [5, 5.41) is 0. The Hall–Kier alpha value is 0.614. The lowest BCUT2D eigenvalue weighted by Crippen LogP contribution is -2.02. The zero-order chi connectivity index (χ0) is 7.21. The maximum Gasteiger partial charge on any atom is 0.549 e. The van der Waals surface area contributed by atoms with Crippen molar-refractivity contribution in [3.05, 3.63) is 0 Å². The van der Waals surface area contributed by atoms with E-state index >= 15 is 0 Å². The minimum absolute atomic E-state index is 1.42. The molecule has 0 amide bonds. The van der Waals surface area contributed by atoms with Gasteiger partial charge in [0, 0.05) is 0 Å². The van der Waals surface area contributed by atoms with Gasteiger partial charge in [0.2, 0.25) is 6.69 Å². The Bertz CT molecular complexity index is 76.5. The molecule has 0 N–H and O–H groups in total. The fraction of sp³-hybridized carbons (Fsp3) is 1.00. The quantitative estimate of drug-likeness (QED) is 0.428. The molecule has 0 fully saturated rings. The lowest BCUT2D eigenvalue weighted by Gasteiger charge is -1.93. The van der Waals surface area contributed by atoms with Crippen molar-refractivity contribution in [2.45, 2.75) is 13.1 Å². The Morgan fingerprint density at radius 3 is 1.25 bits per heavy atom. The number of hydrogen-bond acceptors (Lipinski definition) is 2. The molecule has 0 rings (SSSR count). The molecule has 0 aliphatic carbocycles. The predicted molar refractivity (Wildman–Crippen MR) is 36.3 cm³/mol. The molecule has 0 radical (unpaired) electrons. The minimum atomic E-state index is -1.67. The van der Waals surface area contributed by atoms with Crippen molar-refractivity contribution in [2.75, 3.05) is 0 Å². The highest BCUT2D eigenvalue weighted by atomic mass is 35.7. The lowest BCUT2D eigenvalue weighted by atomic mass is 11.9. The zero-order valence-electron chi connectivity index (χ0n) is 4.57. The summed E-state index contributed by atoms with van der Waals surface area (Å²) in [6.07, 6.45) is 0. The Morgan fingerprint density at radius 2 is 1.25 bits per heavy atom. The van der Waals surface area contributed by atoms with Crippen LogP contribution >= 0.6 is 22.2 Å². The first-order valence-electron chi connectivity index (χ1n) is 1.79. The molecule has 0 aromatic heterocycles. The molecule has 0 aromatic carbocycles. The van der Waals surface area contributed by atoms with Crippen LogP contribution in [0, 0.1) is 0 Å². The highest BCUT2D eigenvalue weighted by Crippen LogP contribution is 2.10. The van der Waals surface area contributed by atoms with Crippen molar-refractivity contribution in [3.63, 3.8) is 0 Å². The van der Waals surface area contributed by atoms with E-state index in [-0.39, 0.29) is 0 Å². The van der Waals surface area contributed by atoms with Crippen LogP contribution < -0.4 is 0 Å². The third-order valence-corrected chi connectivity index (χ3v) is 0. The molecule has 6 heteroatoms. The van der Waals surface area contributed by atoms with Crippen molar-refractivity contribution in [1.82, 2.24) is 0 Å². The average molecular weight is 189 g/mol. The molecular weight excluding hydrogens is 183 g/mol. The Balaban J connectivity index is 0. The zero-order valence-corrected chi connectivity index (χ0v) is 8.08. The van der Waals surface area contributed by atoms with Gasteiger partial charge in [-0.3, -0.25) is 8.92 Å². The number of halogens is 2. The molecule has 0 saturated heterocycles. The van der Waals surface area contributed by atoms with Crippen LogP contribution in [0.25, 0.3) is 0 Å². The fourth-order valence-electron chi connectivity index (χ4n) is 0. The first-order valence-corrected chi connectivity index (χ1v) is 7.63. The largest absolute Gasteiger partial charge is 0.549 e. The SMILES string of the molecule is C[Si](C)(Cl)Cl.O=[Si]=O. The summed E-state index contributed by atoms with van der Waals surface area (Å²) >= 11 is 10.9. The highest BCUT2D eigenvalue weighted by Gasteiger charge is 2.08. The molecule has 0 aromatic rings. The smallest absolute Gasteiger partial charge is 0.274 e. The maximum atomic E-state index is 8.40. The second kappa shape index (κ2) is 5.75. The van der Waals surface area contributed by atoms with Crippen LogP contribution in [0.4, 0.5) is 0 Å². The third-order valence-electron chi connectivity index (χ3n) is 0.